The Bertz CT molecular complexity index is 1460. The predicted octanol–water partition coefficient (Wildman–Crippen LogP) is 6.02. The molecule has 0 atom stereocenters. The number of carbonyl (C=O) groups excluding carboxylic acids is 3. The summed E-state index contributed by atoms with van der Waals surface area (Å²) >= 11 is 0. The van der Waals surface area contributed by atoms with Crippen LogP contribution in [0.15, 0.2) is 140 Å². The predicted molar refractivity (Wildman–Crippen MR) is 181 cm³/mol. The molecule has 5 rings (SSSR count). The normalized spacial score (nSPS) is 10.9. The second kappa shape index (κ2) is 15.3. The third kappa shape index (κ3) is 7.79. The van der Waals surface area contributed by atoms with Crippen LogP contribution in [0, 0.1) is 0 Å². The van der Waals surface area contributed by atoms with Gasteiger partial charge in [0.15, 0.2) is 12.6 Å². The summed E-state index contributed by atoms with van der Waals surface area (Å²) in [6.45, 7) is 1.12. The average Bonchev–Trinajstić information content (AvgIpc) is 3.08. The first kappa shape index (κ1) is 30.2. The molecule has 0 aromatic heterocycles. The van der Waals surface area contributed by atoms with E-state index in [1.165, 1.54) is 21.2 Å². The molecule has 5 aromatic carbocycles. The molecule has 0 unspecified atom stereocenters. The number of benzene rings is 5. The van der Waals surface area contributed by atoms with Gasteiger partial charge >= 0.3 is 0 Å². The Labute approximate surface area is 255 Å². The third-order valence-corrected chi connectivity index (χ3v) is 12.3. The zero-order chi connectivity index (χ0) is 29.9. The van der Waals surface area contributed by atoms with Gasteiger partial charge in [-0.15, -0.1) is 0 Å². The third-order valence-electron chi connectivity index (χ3n) is 7.33. The number of hydrogen-bond acceptors (Lipinski definition) is 3. The van der Waals surface area contributed by atoms with Gasteiger partial charge < -0.3 is 4.90 Å². The monoisotopic (exact) mass is 601 g/mol. The van der Waals surface area contributed by atoms with Gasteiger partial charge in [-0.2, -0.15) is 0 Å². The van der Waals surface area contributed by atoms with Crippen molar-refractivity contribution < 1.29 is 14.4 Å². The summed E-state index contributed by atoms with van der Waals surface area (Å²) in [5.74, 6) is -0.132. The fourth-order valence-corrected chi connectivity index (χ4v) is 9.74. The molecular formula is C37H33NO3P2. The smallest absolute Gasteiger partial charge is 0.253 e. The summed E-state index contributed by atoms with van der Waals surface area (Å²) in [5, 5.41) is 5.08. The van der Waals surface area contributed by atoms with Gasteiger partial charge in [0, 0.05) is 29.8 Å². The summed E-state index contributed by atoms with van der Waals surface area (Å²) in [7, 11) is -1.40. The standard InChI is InChI=1S/C37H33NO3P2/c39-28-31-22-21-30(27-32(31)29-40)37(41)38(23-25-42(33-13-5-1-6-14-33)34-15-7-2-8-16-34)24-26-43(35-17-9-3-10-18-35)36-19-11-4-12-20-36/h1-22,27-29H,23-26H2. The molecule has 4 nitrogen and oxygen atoms in total. The molecule has 1 amide bonds. The zero-order valence-corrected chi connectivity index (χ0v) is 25.6. The second-order valence-corrected chi connectivity index (χ2v) is 14.7. The summed E-state index contributed by atoms with van der Waals surface area (Å²) in [6, 6.07) is 46.8. The van der Waals surface area contributed by atoms with E-state index in [9.17, 15) is 14.4 Å². The van der Waals surface area contributed by atoms with Gasteiger partial charge in [-0.05, 0) is 61.5 Å². The second-order valence-electron chi connectivity index (χ2n) is 10.0. The van der Waals surface area contributed by atoms with Crippen molar-refractivity contribution in [1.82, 2.24) is 4.90 Å². The lowest BCUT2D eigenvalue weighted by atomic mass is 10.0. The van der Waals surface area contributed by atoms with Gasteiger partial charge in [0.1, 0.15) is 0 Å². The summed E-state index contributed by atoms with van der Waals surface area (Å²) in [6.07, 6.45) is 2.89. The lowest BCUT2D eigenvalue weighted by molar-refractivity contribution is 0.0775. The highest BCUT2D eigenvalue weighted by Crippen LogP contribution is 2.35. The van der Waals surface area contributed by atoms with Crippen LogP contribution < -0.4 is 21.2 Å². The van der Waals surface area contributed by atoms with Crippen LogP contribution in [0.4, 0.5) is 0 Å². The Morgan fingerprint density at radius 2 is 0.884 bits per heavy atom. The van der Waals surface area contributed by atoms with Gasteiger partial charge in [-0.1, -0.05) is 127 Å². The van der Waals surface area contributed by atoms with Gasteiger partial charge in [0.2, 0.25) is 0 Å². The first-order valence-electron chi connectivity index (χ1n) is 14.3. The molecule has 0 radical (unpaired) electrons. The summed E-state index contributed by atoms with van der Waals surface area (Å²) < 4.78 is 0. The van der Waals surface area contributed by atoms with Crippen molar-refractivity contribution in [1.29, 1.82) is 0 Å². The summed E-state index contributed by atoms with van der Waals surface area (Å²) in [5.41, 5.74) is 0.930. The molecule has 0 saturated heterocycles. The van der Waals surface area contributed by atoms with Crippen LogP contribution in [0.1, 0.15) is 31.1 Å². The van der Waals surface area contributed by atoms with Crippen molar-refractivity contribution in [3.63, 3.8) is 0 Å². The molecule has 0 bridgehead atoms. The Balaban J connectivity index is 1.46. The molecule has 0 spiro atoms. The van der Waals surface area contributed by atoms with Crippen LogP contribution in [0.2, 0.25) is 0 Å². The topological polar surface area (TPSA) is 54.5 Å². The number of carbonyl (C=O) groups is 3. The van der Waals surface area contributed by atoms with Crippen molar-refractivity contribution >= 4 is 55.5 Å². The van der Waals surface area contributed by atoms with Gasteiger partial charge in [0.25, 0.3) is 5.91 Å². The van der Waals surface area contributed by atoms with E-state index in [4.69, 9.17) is 0 Å². The van der Waals surface area contributed by atoms with Gasteiger partial charge in [-0.25, -0.2) is 0 Å². The molecule has 214 valence electrons. The van der Waals surface area contributed by atoms with Crippen molar-refractivity contribution in [3.05, 3.63) is 156 Å². The Hall–Kier alpha value is -4.23. The Morgan fingerprint density at radius 1 is 0.512 bits per heavy atom. The average molecular weight is 602 g/mol. The number of nitrogens with zero attached hydrogens (tertiary/aromatic N) is 1. The van der Waals surface area contributed by atoms with E-state index < -0.39 is 15.8 Å². The highest BCUT2D eigenvalue weighted by Gasteiger charge is 2.23. The van der Waals surface area contributed by atoms with Crippen molar-refractivity contribution in [2.45, 2.75) is 0 Å². The van der Waals surface area contributed by atoms with E-state index in [1.54, 1.807) is 18.2 Å². The highest BCUT2D eigenvalue weighted by molar-refractivity contribution is 7.73. The van der Waals surface area contributed by atoms with Crippen LogP contribution in [0.5, 0.6) is 0 Å². The lowest BCUT2D eigenvalue weighted by Crippen LogP contribution is -2.37. The van der Waals surface area contributed by atoms with Crippen LogP contribution in [0.25, 0.3) is 0 Å². The first-order chi connectivity index (χ1) is 21.2. The minimum absolute atomic E-state index is 0.132. The number of rotatable bonds is 13. The molecule has 0 N–H and O–H groups in total. The lowest BCUT2D eigenvalue weighted by Gasteiger charge is -2.29. The Kier molecular flexibility index (Phi) is 10.8. The molecule has 0 aliphatic carbocycles. The maximum atomic E-state index is 14.1. The van der Waals surface area contributed by atoms with Crippen LogP contribution >= 0.6 is 15.8 Å². The molecule has 6 heteroatoms. The maximum absolute atomic E-state index is 14.1. The van der Waals surface area contributed by atoms with Crippen molar-refractivity contribution in [2.24, 2.45) is 0 Å². The minimum Gasteiger partial charge on any atom is -0.338 e. The fourth-order valence-electron chi connectivity index (χ4n) is 5.10. The van der Waals surface area contributed by atoms with Crippen molar-refractivity contribution in [2.75, 3.05) is 25.4 Å². The van der Waals surface area contributed by atoms with E-state index in [-0.39, 0.29) is 17.0 Å². The number of hydrogen-bond donors (Lipinski definition) is 0. The van der Waals surface area contributed by atoms with Crippen LogP contribution in [-0.4, -0.2) is 48.8 Å². The highest BCUT2D eigenvalue weighted by atomic mass is 31.1. The SMILES string of the molecule is O=Cc1ccc(C(=O)N(CCP(c2ccccc2)c2ccccc2)CCP(c2ccccc2)c2ccccc2)cc1C=O. The van der Waals surface area contributed by atoms with E-state index in [2.05, 4.69) is 97.1 Å². The molecule has 0 saturated carbocycles. The van der Waals surface area contributed by atoms with Gasteiger partial charge in [-0.3, -0.25) is 14.4 Å². The molecule has 0 aliphatic rings. The molecule has 5 aromatic rings. The number of aldehydes is 2. The van der Waals surface area contributed by atoms with E-state index in [0.717, 1.165) is 12.3 Å². The Morgan fingerprint density at radius 3 is 1.23 bits per heavy atom. The minimum atomic E-state index is -0.699. The maximum Gasteiger partial charge on any atom is 0.253 e. The molecule has 0 aliphatic heterocycles. The van der Waals surface area contributed by atoms with Crippen molar-refractivity contribution in [3.8, 4) is 0 Å². The van der Waals surface area contributed by atoms with E-state index in [1.807, 2.05) is 29.2 Å². The van der Waals surface area contributed by atoms with Gasteiger partial charge in [0.05, 0.1) is 0 Å². The van der Waals surface area contributed by atoms with Crippen LogP contribution in [0.3, 0.4) is 0 Å². The zero-order valence-electron chi connectivity index (χ0n) is 23.8. The molecule has 0 fully saturated rings. The molecule has 43 heavy (non-hydrogen) atoms. The quantitative estimate of drug-likeness (QED) is 0.123. The molecular weight excluding hydrogens is 568 g/mol. The van der Waals surface area contributed by atoms with E-state index in [0.29, 0.717) is 31.2 Å². The fraction of sp³-hybridized carbons (Fsp3) is 0.108. The number of amides is 1. The summed E-state index contributed by atoms with van der Waals surface area (Å²) in [4.78, 5) is 39.2. The van der Waals surface area contributed by atoms with E-state index >= 15 is 0 Å². The first-order valence-corrected chi connectivity index (χ1v) is 17.3. The molecule has 0 heterocycles. The largest absolute Gasteiger partial charge is 0.338 e. The van der Waals surface area contributed by atoms with Crippen LogP contribution in [-0.2, 0) is 0 Å².